The second-order valence-electron chi connectivity index (χ2n) is 30.3. The molecule has 15 rings (SSSR count). The Morgan fingerprint density at radius 3 is 0.833 bits per heavy atom. The van der Waals surface area contributed by atoms with Crippen molar-refractivity contribution in [3.63, 3.8) is 0 Å². The van der Waals surface area contributed by atoms with Gasteiger partial charge in [0, 0.05) is 110 Å². The predicted molar refractivity (Wildman–Crippen MR) is 440 cm³/mol. The van der Waals surface area contributed by atoms with E-state index in [0.717, 1.165) is 113 Å². The lowest BCUT2D eigenvalue weighted by Crippen LogP contribution is -2.29. The van der Waals surface area contributed by atoms with Gasteiger partial charge < -0.3 is 29.7 Å². The number of likely N-dealkylation sites (N-methyl/N-ethyl adjacent to an activating group) is 3. The number of aryl methyl sites for hydroxylation is 3. The van der Waals surface area contributed by atoms with Crippen LogP contribution in [0.1, 0.15) is 172 Å². The van der Waals surface area contributed by atoms with Gasteiger partial charge in [-0.3, -0.25) is 14.7 Å². The van der Waals surface area contributed by atoms with Crippen LogP contribution in [-0.4, -0.2) is 147 Å². The summed E-state index contributed by atoms with van der Waals surface area (Å²) in [5.41, 5.74) is 11.3. The summed E-state index contributed by atoms with van der Waals surface area (Å²) in [6.45, 7) is 40.1. The average Bonchev–Trinajstić information content (AvgIpc) is 1.59. The second-order valence-corrected chi connectivity index (χ2v) is 30.3. The molecule has 0 saturated heterocycles. The van der Waals surface area contributed by atoms with Gasteiger partial charge in [-0.2, -0.15) is 0 Å². The third-order valence-corrected chi connectivity index (χ3v) is 22.0. The Labute approximate surface area is 661 Å². The van der Waals surface area contributed by atoms with Crippen LogP contribution in [0.2, 0.25) is 0 Å². The maximum atomic E-state index is 15.0. The van der Waals surface area contributed by atoms with Crippen molar-refractivity contribution in [2.45, 2.75) is 159 Å². The molecule has 9 aromatic heterocycles. The minimum Gasteiger partial charge on any atom is -0.326 e. The van der Waals surface area contributed by atoms with E-state index < -0.39 is 34.9 Å². The summed E-state index contributed by atoms with van der Waals surface area (Å²) in [5, 5.41) is 9.16. The maximum absolute atomic E-state index is 15.0. The van der Waals surface area contributed by atoms with Gasteiger partial charge in [0.2, 0.25) is 17.8 Å². The average molecular weight is 1550 g/mol. The molecule has 3 aromatic carbocycles. The molecule has 0 bridgehead atoms. The second kappa shape index (κ2) is 35.1. The summed E-state index contributed by atoms with van der Waals surface area (Å²) < 4.78 is 95.2. The van der Waals surface area contributed by atoms with Crippen LogP contribution in [0.15, 0.2) is 145 Å². The first-order valence-electron chi connectivity index (χ1n) is 39.3. The van der Waals surface area contributed by atoms with Gasteiger partial charge in [0.15, 0.2) is 34.9 Å². The summed E-state index contributed by atoms with van der Waals surface area (Å²) in [4.78, 5) is 59.3. The lowest BCUT2D eigenvalue weighted by Gasteiger charge is -2.27. The van der Waals surface area contributed by atoms with Gasteiger partial charge in [-0.1, -0.05) is 94.7 Å². The van der Waals surface area contributed by atoms with E-state index in [9.17, 15) is 26.3 Å². The largest absolute Gasteiger partial charge is 0.326 e. The number of hydrogen-bond acceptors (Lipinski definition) is 18. The number of nitrogens with zero attached hydrogens (tertiary/aromatic N) is 18. The highest BCUT2D eigenvalue weighted by Gasteiger charge is 2.26. The van der Waals surface area contributed by atoms with Gasteiger partial charge in [-0.05, 0) is 172 Å². The van der Waals surface area contributed by atoms with Crippen molar-refractivity contribution < 1.29 is 26.3 Å². The molecule has 3 aliphatic rings. The summed E-state index contributed by atoms with van der Waals surface area (Å²) in [6, 6.07) is 20.9. The number of nitrogens with one attached hydrogen (secondary N) is 3. The van der Waals surface area contributed by atoms with Gasteiger partial charge in [0.05, 0.1) is 35.1 Å². The van der Waals surface area contributed by atoms with Crippen molar-refractivity contribution in [1.82, 2.24) is 88.2 Å². The van der Waals surface area contributed by atoms with Crippen LogP contribution in [0.25, 0.3) is 66.9 Å². The standard InChI is InChI=1S/3C29H33F2N7/c3*1-6-37-11-9-20(10-12-37)18(4)21-7-8-26(32-15-21)35-29-33-16-24(31)27(36-29)22-13-23(30)28-25(14-22)38(17(2)3)19(5)34-28/h3*7-9,13-18H,6,10-12H2,1-5H3,(H,32,33,35,36)/t2*18-;/m10./s1. The summed E-state index contributed by atoms with van der Waals surface area (Å²) in [7, 11) is 0. The number of fused-ring (bicyclic) bond motifs is 3. The molecule has 0 amide bonds. The van der Waals surface area contributed by atoms with Crippen LogP contribution in [0.5, 0.6) is 0 Å². The van der Waals surface area contributed by atoms with Crippen LogP contribution >= 0.6 is 0 Å². The van der Waals surface area contributed by atoms with Crippen LogP contribution in [0, 0.1) is 55.7 Å². The molecule has 0 radical (unpaired) electrons. The van der Waals surface area contributed by atoms with Crippen LogP contribution in [0.4, 0.5) is 61.6 Å². The highest BCUT2D eigenvalue weighted by molar-refractivity contribution is 5.85. The van der Waals surface area contributed by atoms with Crippen LogP contribution in [-0.2, 0) is 0 Å². The molecule has 1 unspecified atom stereocenters. The summed E-state index contributed by atoms with van der Waals surface area (Å²) >= 11 is 0. The number of halogens is 6. The quantitative estimate of drug-likeness (QED) is 0.0450. The molecule has 27 heteroatoms. The number of aromatic nitrogens is 15. The Hall–Kier alpha value is -11.2. The van der Waals surface area contributed by atoms with Gasteiger partial charge in [0.1, 0.15) is 68.6 Å². The fourth-order valence-electron chi connectivity index (χ4n) is 15.5. The zero-order valence-electron chi connectivity index (χ0n) is 67.4. The minimum absolute atomic E-state index is 0.00746. The molecule has 3 N–H and O–H groups in total. The Bertz CT molecular complexity index is 5010. The topological polar surface area (TPSA) is 215 Å². The number of pyridine rings is 3. The Balaban J connectivity index is 0.000000149. The van der Waals surface area contributed by atoms with Gasteiger partial charge in [0.25, 0.3) is 0 Å². The monoisotopic (exact) mass is 1550 g/mol. The van der Waals surface area contributed by atoms with Crippen molar-refractivity contribution in [3.8, 4) is 33.8 Å². The molecule has 3 atom stereocenters. The minimum atomic E-state index is -0.638. The molecule has 0 fully saturated rings. The van der Waals surface area contributed by atoms with Gasteiger partial charge in [-0.25, -0.2) is 86.2 Å². The SMILES string of the molecule is CCN1CC=C(C(C)c2ccc(Nc3ncc(F)c(-c4cc(F)c5nc(C)n(C(C)C)c5c4)n3)nc2)CC1.CCN1CC=C([C@@H](C)c2ccc(Nc3ncc(F)c(-c4cc(F)c5nc(C)n(C(C)C)c5c4)n3)nc2)CC1.CCN1CC=C([C@H](C)c2ccc(Nc3ncc(F)c(-c4cc(F)c5nc(C)n(C(C)C)c5c4)n3)nc2)CC1. The first kappa shape index (κ1) is 80.9. The zero-order valence-corrected chi connectivity index (χ0v) is 67.4. The molecule has 0 saturated carbocycles. The lowest BCUT2D eigenvalue weighted by atomic mass is 9.90. The van der Waals surface area contributed by atoms with E-state index in [0.29, 0.717) is 68.2 Å². The molecule has 12 heterocycles. The van der Waals surface area contributed by atoms with Crippen LogP contribution in [0.3, 0.4) is 0 Å². The van der Waals surface area contributed by atoms with E-state index in [1.54, 1.807) is 18.2 Å². The Kier molecular flexibility index (Phi) is 24.9. The van der Waals surface area contributed by atoms with Crippen LogP contribution < -0.4 is 16.0 Å². The van der Waals surface area contributed by atoms with E-state index in [1.165, 1.54) is 34.9 Å². The molecule has 12 aromatic rings. The van der Waals surface area contributed by atoms with Crippen molar-refractivity contribution >= 4 is 68.4 Å². The Morgan fingerprint density at radius 1 is 0.342 bits per heavy atom. The smallest absolute Gasteiger partial charge is 0.229 e. The number of benzene rings is 3. The zero-order chi connectivity index (χ0) is 80.9. The third kappa shape index (κ3) is 17.8. The molecule has 0 spiro atoms. The van der Waals surface area contributed by atoms with Gasteiger partial charge in [-0.15, -0.1) is 0 Å². The maximum Gasteiger partial charge on any atom is 0.229 e. The highest BCUT2D eigenvalue weighted by Crippen LogP contribution is 2.38. The molecule has 0 aliphatic carbocycles. The highest BCUT2D eigenvalue weighted by atomic mass is 19.1. The van der Waals surface area contributed by atoms with Gasteiger partial charge >= 0.3 is 0 Å². The fourth-order valence-corrected chi connectivity index (χ4v) is 15.5. The van der Waals surface area contributed by atoms with Crippen molar-refractivity contribution in [2.75, 3.05) is 74.9 Å². The predicted octanol–water partition coefficient (Wildman–Crippen LogP) is 19.7. The number of hydrogen-bond donors (Lipinski definition) is 3. The van der Waals surface area contributed by atoms with E-state index in [2.05, 4.69) is 150 Å². The molecule has 594 valence electrons. The molecular formula is C87H99F6N21. The molecular weight excluding hydrogens is 1450 g/mol. The van der Waals surface area contributed by atoms with Crippen molar-refractivity contribution in [2.24, 2.45) is 0 Å². The number of anilines is 6. The lowest BCUT2D eigenvalue weighted by molar-refractivity contribution is 0.306. The summed E-state index contributed by atoms with van der Waals surface area (Å²) in [6.07, 6.45) is 19.0. The van der Waals surface area contributed by atoms with Crippen molar-refractivity contribution in [3.05, 3.63) is 214 Å². The first-order chi connectivity index (χ1) is 54.7. The normalized spacial score (nSPS) is 15.2. The van der Waals surface area contributed by atoms with E-state index >= 15 is 0 Å². The third-order valence-electron chi connectivity index (χ3n) is 22.0. The molecule has 114 heavy (non-hydrogen) atoms. The van der Waals surface area contributed by atoms with E-state index in [-0.39, 0.29) is 87.4 Å². The number of imidazole rings is 3. The number of rotatable bonds is 21. The molecule has 21 nitrogen and oxygen atoms in total. The van der Waals surface area contributed by atoms with E-state index in [1.807, 2.05) is 131 Å². The summed E-state index contributed by atoms with van der Waals surface area (Å²) in [5.74, 6) is 1.66. The first-order valence-corrected chi connectivity index (χ1v) is 39.3. The van der Waals surface area contributed by atoms with Crippen molar-refractivity contribution in [1.29, 1.82) is 0 Å². The fraction of sp³-hybridized carbons (Fsp3) is 0.379. The molecule has 3 aliphatic heterocycles. The Morgan fingerprint density at radius 2 is 0.614 bits per heavy atom. The van der Waals surface area contributed by atoms with E-state index in [4.69, 9.17) is 0 Å².